The summed E-state index contributed by atoms with van der Waals surface area (Å²) in [6, 6.07) is 13.9. The van der Waals surface area contributed by atoms with E-state index >= 15 is 0 Å². The monoisotopic (exact) mass is 337 g/mol. The quantitative estimate of drug-likeness (QED) is 0.666. The molecule has 2 N–H and O–H groups in total. The molecule has 0 aliphatic rings. The summed E-state index contributed by atoms with van der Waals surface area (Å²) in [5, 5.41) is 10.4. The minimum Gasteiger partial charge on any atom is -0.496 e. The molecular formula is C21H23NO3. The Kier molecular flexibility index (Phi) is 4.79. The molecule has 130 valence electrons. The van der Waals surface area contributed by atoms with Crippen LogP contribution in [0.5, 0.6) is 5.75 Å². The smallest absolute Gasteiger partial charge is 0.307 e. The molecule has 4 nitrogen and oxygen atoms in total. The van der Waals surface area contributed by atoms with Gasteiger partial charge in [0.1, 0.15) is 5.75 Å². The van der Waals surface area contributed by atoms with Gasteiger partial charge in [0.15, 0.2) is 0 Å². The highest BCUT2D eigenvalue weighted by Gasteiger charge is 2.19. The third-order valence-corrected chi connectivity index (χ3v) is 4.82. The van der Waals surface area contributed by atoms with Crippen LogP contribution in [-0.4, -0.2) is 23.2 Å². The first-order valence-electron chi connectivity index (χ1n) is 8.54. The van der Waals surface area contributed by atoms with Gasteiger partial charge in [0.05, 0.1) is 19.2 Å². The molecule has 1 unspecified atom stereocenters. The maximum Gasteiger partial charge on any atom is 0.307 e. The molecule has 0 aliphatic carbocycles. The third-order valence-electron chi connectivity index (χ3n) is 4.82. The van der Waals surface area contributed by atoms with Gasteiger partial charge in [-0.15, -0.1) is 0 Å². The van der Waals surface area contributed by atoms with Crippen molar-refractivity contribution >= 4 is 16.9 Å². The van der Waals surface area contributed by atoms with Crippen LogP contribution in [0, 0.1) is 0 Å². The van der Waals surface area contributed by atoms with Gasteiger partial charge in [0, 0.05) is 16.5 Å². The zero-order chi connectivity index (χ0) is 18.0. The van der Waals surface area contributed by atoms with Gasteiger partial charge in [-0.2, -0.15) is 0 Å². The summed E-state index contributed by atoms with van der Waals surface area (Å²) < 4.78 is 5.47. The second-order valence-corrected chi connectivity index (χ2v) is 6.36. The molecule has 3 aromatic rings. The normalized spacial score (nSPS) is 12.3. The molecule has 1 atom stereocenters. The van der Waals surface area contributed by atoms with E-state index in [0.717, 1.165) is 39.9 Å². The fraction of sp³-hybridized carbons (Fsp3) is 0.286. The van der Waals surface area contributed by atoms with Crippen molar-refractivity contribution in [1.82, 2.24) is 4.98 Å². The van der Waals surface area contributed by atoms with Crippen LogP contribution in [0.4, 0.5) is 0 Å². The summed E-state index contributed by atoms with van der Waals surface area (Å²) in [4.78, 5) is 14.9. The molecule has 0 radical (unpaired) electrons. The number of carbonyl (C=O) groups is 1. The number of H-pyrrole nitrogens is 1. The molecule has 25 heavy (non-hydrogen) atoms. The second kappa shape index (κ2) is 7.01. The number of aliphatic carboxylic acids is 1. The zero-order valence-electron chi connectivity index (χ0n) is 14.8. The molecule has 1 heterocycles. The van der Waals surface area contributed by atoms with E-state index in [2.05, 4.69) is 31.0 Å². The van der Waals surface area contributed by atoms with Crippen LogP contribution in [0.1, 0.15) is 37.3 Å². The maximum absolute atomic E-state index is 11.5. The number of ether oxygens (including phenoxy) is 1. The molecule has 1 aromatic heterocycles. The zero-order valence-corrected chi connectivity index (χ0v) is 14.8. The van der Waals surface area contributed by atoms with Gasteiger partial charge in [-0.1, -0.05) is 32.0 Å². The lowest BCUT2D eigenvalue weighted by Gasteiger charge is -2.10. The van der Waals surface area contributed by atoms with Crippen LogP contribution in [0.3, 0.4) is 0 Å². The number of para-hydroxylation sites is 1. The summed E-state index contributed by atoms with van der Waals surface area (Å²) in [6.45, 7) is 4.34. The molecule has 0 aliphatic heterocycles. The standard InChI is InChI=1S/C21H23NO3/c1-4-13(2)14-9-10-18-16(11-14)17(12-20(23)24)21(22-18)15-7-5-6-8-19(15)25-3/h5-11,13,22H,4,12H2,1-3H3,(H,23,24). The number of carboxylic acids is 1. The molecular weight excluding hydrogens is 314 g/mol. The Bertz CT molecular complexity index is 911. The molecule has 0 bridgehead atoms. The van der Waals surface area contributed by atoms with E-state index in [9.17, 15) is 9.90 Å². The maximum atomic E-state index is 11.5. The molecule has 0 saturated heterocycles. The Labute approximate surface area is 147 Å². The van der Waals surface area contributed by atoms with Gasteiger partial charge in [-0.05, 0) is 47.7 Å². The number of hydrogen-bond donors (Lipinski definition) is 2. The number of aromatic nitrogens is 1. The predicted octanol–water partition coefficient (Wildman–Crippen LogP) is 4.98. The highest BCUT2D eigenvalue weighted by molar-refractivity contribution is 5.95. The van der Waals surface area contributed by atoms with Crippen molar-refractivity contribution in [1.29, 1.82) is 0 Å². The Morgan fingerprint density at radius 3 is 2.68 bits per heavy atom. The largest absolute Gasteiger partial charge is 0.496 e. The second-order valence-electron chi connectivity index (χ2n) is 6.36. The van der Waals surface area contributed by atoms with Gasteiger partial charge >= 0.3 is 5.97 Å². The minimum absolute atomic E-state index is 0.0304. The van der Waals surface area contributed by atoms with Crippen LogP contribution in [0.15, 0.2) is 42.5 Å². The fourth-order valence-electron chi connectivity index (χ4n) is 3.22. The van der Waals surface area contributed by atoms with Crippen LogP contribution >= 0.6 is 0 Å². The fourth-order valence-corrected chi connectivity index (χ4v) is 3.22. The summed E-state index contributed by atoms with van der Waals surface area (Å²) in [6.07, 6.45) is 1.01. The molecule has 3 rings (SSSR count). The van der Waals surface area contributed by atoms with Gasteiger partial charge in [0.25, 0.3) is 0 Å². The van der Waals surface area contributed by atoms with E-state index in [-0.39, 0.29) is 6.42 Å². The number of nitrogens with one attached hydrogen (secondary N) is 1. The van der Waals surface area contributed by atoms with Crippen molar-refractivity contribution in [3.05, 3.63) is 53.6 Å². The van der Waals surface area contributed by atoms with Crippen molar-refractivity contribution in [3.8, 4) is 17.0 Å². The van der Waals surface area contributed by atoms with Crippen LogP contribution in [-0.2, 0) is 11.2 Å². The molecule has 4 heteroatoms. The first kappa shape index (κ1) is 17.1. The predicted molar refractivity (Wildman–Crippen MR) is 100 cm³/mol. The van der Waals surface area contributed by atoms with E-state index in [1.807, 2.05) is 30.3 Å². The topological polar surface area (TPSA) is 62.3 Å². The average molecular weight is 337 g/mol. The lowest BCUT2D eigenvalue weighted by atomic mass is 9.95. The summed E-state index contributed by atoms with van der Waals surface area (Å²) >= 11 is 0. The third kappa shape index (κ3) is 3.25. The van der Waals surface area contributed by atoms with Crippen molar-refractivity contribution in [2.75, 3.05) is 7.11 Å². The van der Waals surface area contributed by atoms with E-state index in [4.69, 9.17) is 4.74 Å². The van der Waals surface area contributed by atoms with Gasteiger partial charge in [0.2, 0.25) is 0 Å². The first-order chi connectivity index (χ1) is 12.0. The minimum atomic E-state index is -0.842. The number of aromatic amines is 1. The Morgan fingerprint density at radius 2 is 2.00 bits per heavy atom. The number of methoxy groups -OCH3 is 1. The number of benzene rings is 2. The van der Waals surface area contributed by atoms with Crippen molar-refractivity contribution < 1.29 is 14.6 Å². The highest BCUT2D eigenvalue weighted by atomic mass is 16.5. The lowest BCUT2D eigenvalue weighted by Crippen LogP contribution is -2.01. The highest BCUT2D eigenvalue weighted by Crippen LogP contribution is 2.37. The van der Waals surface area contributed by atoms with Crippen molar-refractivity contribution in [2.24, 2.45) is 0 Å². The van der Waals surface area contributed by atoms with Crippen LogP contribution in [0.2, 0.25) is 0 Å². The Morgan fingerprint density at radius 1 is 1.24 bits per heavy atom. The molecule has 0 saturated carbocycles. The molecule has 0 spiro atoms. The first-order valence-corrected chi connectivity index (χ1v) is 8.54. The van der Waals surface area contributed by atoms with Crippen molar-refractivity contribution in [3.63, 3.8) is 0 Å². The SMILES string of the molecule is CCC(C)c1ccc2[nH]c(-c3ccccc3OC)c(CC(=O)O)c2c1. The Balaban J connectivity index is 2.26. The summed E-state index contributed by atoms with van der Waals surface area (Å²) in [5.41, 5.74) is 4.67. The van der Waals surface area contributed by atoms with E-state index in [1.165, 1.54) is 5.56 Å². The summed E-state index contributed by atoms with van der Waals surface area (Å²) in [7, 11) is 1.62. The lowest BCUT2D eigenvalue weighted by molar-refractivity contribution is -0.136. The van der Waals surface area contributed by atoms with E-state index in [1.54, 1.807) is 7.11 Å². The van der Waals surface area contributed by atoms with Crippen molar-refractivity contribution in [2.45, 2.75) is 32.6 Å². The number of fused-ring (bicyclic) bond motifs is 1. The van der Waals surface area contributed by atoms with Crippen LogP contribution < -0.4 is 4.74 Å². The van der Waals surface area contributed by atoms with Gasteiger partial charge in [-0.3, -0.25) is 4.79 Å². The number of carboxylic acid groups (broad SMARTS) is 1. The number of rotatable bonds is 6. The van der Waals surface area contributed by atoms with Gasteiger partial charge < -0.3 is 14.8 Å². The molecule has 0 amide bonds. The average Bonchev–Trinajstić information content (AvgIpc) is 2.98. The van der Waals surface area contributed by atoms with Crippen LogP contribution in [0.25, 0.3) is 22.2 Å². The summed E-state index contributed by atoms with van der Waals surface area (Å²) in [5.74, 6) is 0.320. The van der Waals surface area contributed by atoms with Gasteiger partial charge in [-0.25, -0.2) is 0 Å². The molecule has 0 fully saturated rings. The Hall–Kier alpha value is -2.75. The van der Waals surface area contributed by atoms with E-state index in [0.29, 0.717) is 5.92 Å². The van der Waals surface area contributed by atoms with E-state index < -0.39 is 5.97 Å². The molecule has 2 aromatic carbocycles. The number of hydrogen-bond acceptors (Lipinski definition) is 2.